The zero-order valence-corrected chi connectivity index (χ0v) is 12.3. The van der Waals surface area contributed by atoms with Gasteiger partial charge in [-0.3, -0.25) is 10.1 Å². The van der Waals surface area contributed by atoms with Crippen LogP contribution in [0.2, 0.25) is 0 Å². The van der Waals surface area contributed by atoms with Crippen molar-refractivity contribution in [1.29, 1.82) is 0 Å². The van der Waals surface area contributed by atoms with E-state index in [1.54, 1.807) is 13.1 Å². The predicted octanol–water partition coefficient (Wildman–Crippen LogP) is 3.41. The summed E-state index contributed by atoms with van der Waals surface area (Å²) >= 11 is 3.44. The summed E-state index contributed by atoms with van der Waals surface area (Å²) in [5.74, 6) is 0.822. The van der Waals surface area contributed by atoms with E-state index in [2.05, 4.69) is 31.5 Å². The third-order valence-electron chi connectivity index (χ3n) is 2.73. The summed E-state index contributed by atoms with van der Waals surface area (Å²) in [6.45, 7) is 0.447. The Labute approximate surface area is 124 Å². The lowest BCUT2D eigenvalue weighted by atomic mass is 10.2. The minimum Gasteiger partial charge on any atom is -0.373 e. The molecular weight excluding hydrogens is 324 g/mol. The highest BCUT2D eigenvalue weighted by molar-refractivity contribution is 9.10. The third-order valence-corrected chi connectivity index (χ3v) is 3.50. The molecule has 0 saturated heterocycles. The molecule has 0 aliphatic carbocycles. The molecule has 0 aliphatic rings. The fourth-order valence-corrected chi connectivity index (χ4v) is 2.11. The molecular formula is C13H13BrN4O2. The van der Waals surface area contributed by atoms with Crippen LogP contribution in [0.1, 0.15) is 5.56 Å². The second-order valence-electron chi connectivity index (χ2n) is 4.02. The Bertz CT molecular complexity index is 634. The van der Waals surface area contributed by atoms with Crippen LogP contribution in [0, 0.1) is 10.1 Å². The Morgan fingerprint density at radius 3 is 2.70 bits per heavy atom. The van der Waals surface area contributed by atoms with Gasteiger partial charge in [0.15, 0.2) is 0 Å². The van der Waals surface area contributed by atoms with Crippen LogP contribution in [0.25, 0.3) is 0 Å². The number of hydrogen-bond acceptors (Lipinski definition) is 5. The lowest BCUT2D eigenvalue weighted by molar-refractivity contribution is -0.384. The summed E-state index contributed by atoms with van der Waals surface area (Å²) in [6.07, 6.45) is 0. The van der Waals surface area contributed by atoms with Gasteiger partial charge in [0.1, 0.15) is 5.82 Å². The number of pyridine rings is 1. The van der Waals surface area contributed by atoms with Crippen molar-refractivity contribution in [2.45, 2.75) is 6.54 Å². The van der Waals surface area contributed by atoms with Crippen molar-refractivity contribution in [2.24, 2.45) is 0 Å². The van der Waals surface area contributed by atoms with E-state index in [1.807, 2.05) is 24.3 Å². The molecule has 0 amide bonds. The number of nitrogens with zero attached hydrogens (tertiary/aromatic N) is 2. The lowest BCUT2D eigenvalue weighted by Gasteiger charge is -2.09. The van der Waals surface area contributed by atoms with Crippen molar-refractivity contribution in [3.05, 3.63) is 56.5 Å². The van der Waals surface area contributed by atoms with Crippen molar-refractivity contribution in [3.63, 3.8) is 0 Å². The number of hydrogen-bond donors (Lipinski definition) is 2. The van der Waals surface area contributed by atoms with Gasteiger partial charge in [-0.15, -0.1) is 0 Å². The minimum atomic E-state index is -0.450. The summed E-state index contributed by atoms with van der Waals surface area (Å²) in [5, 5.41) is 16.9. The molecule has 2 N–H and O–H groups in total. The van der Waals surface area contributed by atoms with E-state index in [0.717, 1.165) is 10.0 Å². The summed E-state index contributed by atoms with van der Waals surface area (Å²) in [7, 11) is 1.71. The first-order valence-electron chi connectivity index (χ1n) is 5.92. The molecule has 1 heterocycles. The Balaban J connectivity index is 2.24. The van der Waals surface area contributed by atoms with Crippen molar-refractivity contribution >= 4 is 33.3 Å². The van der Waals surface area contributed by atoms with Crippen LogP contribution in [-0.4, -0.2) is 17.0 Å². The molecule has 0 aliphatic heterocycles. The van der Waals surface area contributed by atoms with Gasteiger partial charge < -0.3 is 10.6 Å². The maximum atomic E-state index is 11.0. The zero-order valence-electron chi connectivity index (χ0n) is 10.8. The van der Waals surface area contributed by atoms with Crippen molar-refractivity contribution in [2.75, 3.05) is 17.7 Å². The fraction of sp³-hybridized carbons (Fsp3) is 0.154. The number of anilines is 2. The van der Waals surface area contributed by atoms with E-state index in [0.29, 0.717) is 12.4 Å². The van der Waals surface area contributed by atoms with Crippen LogP contribution in [0.3, 0.4) is 0 Å². The molecule has 1 aromatic heterocycles. The smallest absolute Gasteiger partial charge is 0.311 e. The molecule has 0 fully saturated rings. The monoisotopic (exact) mass is 336 g/mol. The fourth-order valence-electron chi connectivity index (χ4n) is 1.69. The summed E-state index contributed by atoms with van der Waals surface area (Å²) < 4.78 is 0.944. The van der Waals surface area contributed by atoms with Crippen molar-refractivity contribution in [1.82, 2.24) is 4.98 Å². The molecule has 0 unspecified atom stereocenters. The van der Waals surface area contributed by atoms with E-state index in [-0.39, 0.29) is 11.5 Å². The van der Waals surface area contributed by atoms with E-state index in [4.69, 9.17) is 0 Å². The number of rotatable bonds is 5. The topological polar surface area (TPSA) is 80.1 Å². The predicted molar refractivity (Wildman–Crippen MR) is 81.9 cm³/mol. The quantitative estimate of drug-likeness (QED) is 0.646. The highest BCUT2D eigenvalue weighted by Crippen LogP contribution is 2.25. The molecule has 2 aromatic rings. The first-order valence-corrected chi connectivity index (χ1v) is 6.71. The van der Waals surface area contributed by atoms with Crippen molar-refractivity contribution in [3.8, 4) is 0 Å². The molecule has 0 bridgehead atoms. The van der Waals surface area contributed by atoms with Gasteiger partial charge in [-0.1, -0.05) is 34.1 Å². The third kappa shape index (κ3) is 3.24. The van der Waals surface area contributed by atoms with Gasteiger partial charge >= 0.3 is 5.69 Å². The van der Waals surface area contributed by atoms with Gasteiger partial charge in [-0.2, -0.15) is 0 Å². The van der Waals surface area contributed by atoms with Gasteiger partial charge in [0.05, 0.1) is 4.92 Å². The number of halogens is 1. The molecule has 0 atom stereocenters. The number of aromatic nitrogens is 1. The van der Waals surface area contributed by atoms with Crippen LogP contribution in [0.5, 0.6) is 0 Å². The van der Waals surface area contributed by atoms with Crippen LogP contribution >= 0.6 is 15.9 Å². The Morgan fingerprint density at radius 2 is 2.05 bits per heavy atom. The lowest BCUT2D eigenvalue weighted by Crippen LogP contribution is -2.06. The highest BCUT2D eigenvalue weighted by Gasteiger charge is 2.15. The maximum absolute atomic E-state index is 11.0. The molecule has 0 saturated carbocycles. The average molecular weight is 337 g/mol. The molecule has 0 spiro atoms. The summed E-state index contributed by atoms with van der Waals surface area (Å²) in [4.78, 5) is 14.7. The van der Waals surface area contributed by atoms with E-state index < -0.39 is 4.92 Å². The van der Waals surface area contributed by atoms with Gasteiger partial charge in [0.25, 0.3) is 0 Å². The van der Waals surface area contributed by atoms with Gasteiger partial charge in [0, 0.05) is 24.1 Å². The second-order valence-corrected chi connectivity index (χ2v) is 4.87. The molecule has 0 radical (unpaired) electrons. The highest BCUT2D eigenvalue weighted by atomic mass is 79.9. The van der Waals surface area contributed by atoms with Gasteiger partial charge in [-0.05, 0) is 17.7 Å². The van der Waals surface area contributed by atoms with Gasteiger partial charge in [-0.25, -0.2) is 4.98 Å². The second kappa shape index (κ2) is 6.33. The summed E-state index contributed by atoms with van der Waals surface area (Å²) in [5.41, 5.74) is 0.953. The minimum absolute atomic E-state index is 0.0453. The first kappa shape index (κ1) is 14.3. The SMILES string of the molecule is CNc1ccc([N+](=O)[O-])c(NCc2ccccc2Br)n1. The first-order chi connectivity index (χ1) is 9.61. The largest absolute Gasteiger partial charge is 0.373 e. The van der Waals surface area contributed by atoms with E-state index >= 15 is 0 Å². The molecule has 7 heteroatoms. The average Bonchev–Trinajstić information content (AvgIpc) is 2.46. The molecule has 20 heavy (non-hydrogen) atoms. The van der Waals surface area contributed by atoms with E-state index in [9.17, 15) is 10.1 Å². The van der Waals surface area contributed by atoms with E-state index in [1.165, 1.54) is 6.07 Å². The van der Waals surface area contributed by atoms with Crippen LogP contribution in [0.15, 0.2) is 40.9 Å². The molecule has 1 aromatic carbocycles. The molecule has 6 nitrogen and oxygen atoms in total. The Morgan fingerprint density at radius 1 is 1.30 bits per heavy atom. The van der Waals surface area contributed by atoms with Crippen LogP contribution in [0.4, 0.5) is 17.3 Å². The number of nitro groups is 1. The van der Waals surface area contributed by atoms with Gasteiger partial charge in [0.2, 0.25) is 5.82 Å². The summed E-state index contributed by atoms with van der Waals surface area (Å²) in [6, 6.07) is 10.7. The maximum Gasteiger partial charge on any atom is 0.311 e. The number of benzene rings is 1. The van der Waals surface area contributed by atoms with Crippen LogP contribution in [-0.2, 0) is 6.54 Å². The standard InChI is InChI=1S/C13H13BrN4O2/c1-15-12-7-6-11(18(19)20)13(17-12)16-8-9-4-2-3-5-10(9)14/h2-7H,8H2,1H3,(H2,15,16,17). The zero-order chi connectivity index (χ0) is 14.5. The van der Waals surface area contributed by atoms with Crippen LogP contribution < -0.4 is 10.6 Å². The molecule has 2 rings (SSSR count). The Hall–Kier alpha value is -2.15. The molecule has 104 valence electrons. The normalized spacial score (nSPS) is 10.1. The number of nitrogens with one attached hydrogen (secondary N) is 2. The van der Waals surface area contributed by atoms with Crippen molar-refractivity contribution < 1.29 is 4.92 Å². The Kier molecular flexibility index (Phi) is 4.52.